The fourth-order valence-electron chi connectivity index (χ4n) is 1.98. The van der Waals surface area contributed by atoms with E-state index in [-0.39, 0.29) is 5.02 Å². The van der Waals surface area contributed by atoms with Gasteiger partial charge in [0.05, 0.1) is 0 Å². The molecule has 1 unspecified atom stereocenters. The topological polar surface area (TPSA) is 55.1 Å². The van der Waals surface area contributed by atoms with Crippen molar-refractivity contribution < 1.29 is 13.6 Å². The van der Waals surface area contributed by atoms with Crippen molar-refractivity contribution in [1.29, 1.82) is 0 Å². The molecule has 0 saturated carbocycles. The molecular weight excluding hydrogens is 298 g/mol. The van der Waals surface area contributed by atoms with Crippen LogP contribution in [0.1, 0.15) is 12.5 Å². The fourth-order valence-corrected chi connectivity index (χ4v) is 2.33. The second-order valence-corrected chi connectivity index (χ2v) is 5.15. The van der Waals surface area contributed by atoms with Gasteiger partial charge in [-0.05, 0) is 43.3 Å². The monoisotopic (exact) mass is 310 g/mol. The van der Waals surface area contributed by atoms with Crippen LogP contribution in [-0.2, 0) is 10.3 Å². The number of nitrogens with two attached hydrogens (primary N) is 1. The quantitative estimate of drug-likeness (QED) is 0.909. The summed E-state index contributed by atoms with van der Waals surface area (Å²) in [5.74, 6) is -1.61. The van der Waals surface area contributed by atoms with Crippen molar-refractivity contribution in [2.75, 3.05) is 5.32 Å². The summed E-state index contributed by atoms with van der Waals surface area (Å²) < 4.78 is 26.1. The van der Waals surface area contributed by atoms with Gasteiger partial charge < -0.3 is 11.1 Å². The van der Waals surface area contributed by atoms with E-state index in [0.29, 0.717) is 11.3 Å². The molecule has 0 fully saturated rings. The zero-order valence-electron chi connectivity index (χ0n) is 11.2. The Morgan fingerprint density at radius 3 is 2.24 bits per heavy atom. The van der Waals surface area contributed by atoms with E-state index in [1.807, 2.05) is 0 Å². The lowest BCUT2D eigenvalue weighted by atomic mass is 9.90. The summed E-state index contributed by atoms with van der Waals surface area (Å²) in [5.41, 5.74) is 4.92. The van der Waals surface area contributed by atoms with Crippen LogP contribution in [0.2, 0.25) is 5.02 Å². The number of nitrogens with one attached hydrogen (secondary N) is 1. The maximum absolute atomic E-state index is 13.1. The van der Waals surface area contributed by atoms with Gasteiger partial charge in [-0.1, -0.05) is 17.7 Å². The van der Waals surface area contributed by atoms with E-state index in [1.165, 1.54) is 43.3 Å². The highest BCUT2D eigenvalue weighted by Crippen LogP contribution is 2.32. The van der Waals surface area contributed by atoms with Crippen molar-refractivity contribution in [2.24, 2.45) is 5.73 Å². The number of rotatable bonds is 4. The molecule has 6 heteroatoms. The van der Waals surface area contributed by atoms with Crippen LogP contribution < -0.4 is 11.1 Å². The highest BCUT2D eigenvalue weighted by atomic mass is 35.5. The summed E-state index contributed by atoms with van der Waals surface area (Å²) in [7, 11) is 0. The first kappa shape index (κ1) is 15.3. The third kappa shape index (κ3) is 3.13. The number of amides is 1. The number of hydrogen-bond donors (Lipinski definition) is 2. The number of primary amides is 1. The standard InChI is InChI=1S/C15H13ClF2N2O/c1-15(14(19)21,12-7-4-10(18)8-13(12)16)20-11-5-2-9(17)3-6-11/h2-8,20H,1H3,(H2,19,21). The van der Waals surface area contributed by atoms with E-state index in [1.54, 1.807) is 0 Å². The predicted octanol–water partition coefficient (Wildman–Crippen LogP) is 3.43. The van der Waals surface area contributed by atoms with Crippen molar-refractivity contribution in [3.63, 3.8) is 0 Å². The number of anilines is 1. The number of halogens is 3. The minimum absolute atomic E-state index is 0.0749. The Balaban J connectivity index is 2.45. The second kappa shape index (κ2) is 5.69. The molecular formula is C15H13ClF2N2O. The molecule has 3 N–H and O–H groups in total. The van der Waals surface area contributed by atoms with Crippen LogP contribution in [0.4, 0.5) is 14.5 Å². The van der Waals surface area contributed by atoms with Crippen LogP contribution in [0.3, 0.4) is 0 Å². The van der Waals surface area contributed by atoms with E-state index in [2.05, 4.69) is 5.32 Å². The Labute approximate surface area is 125 Å². The molecule has 3 nitrogen and oxygen atoms in total. The average Bonchev–Trinajstić information content (AvgIpc) is 2.41. The van der Waals surface area contributed by atoms with E-state index in [0.717, 1.165) is 6.07 Å². The van der Waals surface area contributed by atoms with Crippen molar-refractivity contribution >= 4 is 23.2 Å². The van der Waals surface area contributed by atoms with Gasteiger partial charge >= 0.3 is 0 Å². The second-order valence-electron chi connectivity index (χ2n) is 4.75. The Morgan fingerprint density at radius 2 is 1.71 bits per heavy atom. The smallest absolute Gasteiger partial charge is 0.247 e. The molecule has 0 heterocycles. The SMILES string of the molecule is CC(Nc1ccc(F)cc1)(C(N)=O)c1ccc(F)cc1Cl. The Hall–Kier alpha value is -2.14. The van der Waals surface area contributed by atoms with E-state index in [9.17, 15) is 13.6 Å². The number of carbonyl (C=O) groups is 1. The minimum atomic E-state index is -1.36. The molecule has 0 aliphatic rings. The normalized spacial score (nSPS) is 13.5. The lowest BCUT2D eigenvalue weighted by molar-refractivity contribution is -0.122. The summed E-state index contributed by atoms with van der Waals surface area (Å²) >= 11 is 6.00. The fraction of sp³-hybridized carbons (Fsp3) is 0.133. The van der Waals surface area contributed by atoms with Gasteiger partial charge in [0.2, 0.25) is 5.91 Å². The molecule has 21 heavy (non-hydrogen) atoms. The summed E-state index contributed by atoms with van der Waals surface area (Å²) in [5, 5.41) is 2.99. The molecule has 0 aliphatic carbocycles. The van der Waals surface area contributed by atoms with Gasteiger partial charge in [0.1, 0.15) is 17.2 Å². The van der Waals surface area contributed by atoms with Crippen LogP contribution in [0.25, 0.3) is 0 Å². The molecule has 0 radical (unpaired) electrons. The molecule has 0 aliphatic heterocycles. The predicted molar refractivity (Wildman–Crippen MR) is 78.0 cm³/mol. The average molecular weight is 311 g/mol. The Morgan fingerprint density at radius 1 is 1.14 bits per heavy atom. The van der Waals surface area contributed by atoms with E-state index >= 15 is 0 Å². The molecule has 2 rings (SSSR count). The van der Waals surface area contributed by atoms with Gasteiger partial charge in [0.25, 0.3) is 0 Å². The Bertz CT molecular complexity index is 676. The maximum atomic E-state index is 13.1. The largest absolute Gasteiger partial charge is 0.368 e. The van der Waals surface area contributed by atoms with E-state index in [4.69, 9.17) is 17.3 Å². The summed E-state index contributed by atoms with van der Waals surface area (Å²) in [6.07, 6.45) is 0. The van der Waals surface area contributed by atoms with Gasteiger partial charge in [-0.2, -0.15) is 0 Å². The van der Waals surface area contributed by atoms with Gasteiger partial charge in [0, 0.05) is 16.3 Å². The highest BCUT2D eigenvalue weighted by Gasteiger charge is 2.35. The molecule has 0 spiro atoms. The molecule has 2 aromatic rings. The summed E-state index contributed by atoms with van der Waals surface area (Å²) in [6.45, 7) is 1.53. The van der Waals surface area contributed by atoms with Crippen LogP contribution in [0, 0.1) is 11.6 Å². The number of hydrogen-bond acceptors (Lipinski definition) is 2. The van der Waals surface area contributed by atoms with Crippen molar-refractivity contribution in [1.82, 2.24) is 0 Å². The molecule has 0 aromatic heterocycles. The van der Waals surface area contributed by atoms with E-state index < -0.39 is 23.1 Å². The first-order valence-electron chi connectivity index (χ1n) is 6.12. The summed E-state index contributed by atoms with van der Waals surface area (Å²) in [6, 6.07) is 9.10. The third-order valence-electron chi connectivity index (χ3n) is 3.20. The zero-order valence-corrected chi connectivity index (χ0v) is 11.9. The number of carbonyl (C=O) groups excluding carboxylic acids is 1. The molecule has 1 amide bonds. The van der Waals surface area contributed by atoms with Gasteiger partial charge in [-0.3, -0.25) is 4.79 Å². The molecule has 0 saturated heterocycles. The highest BCUT2D eigenvalue weighted by molar-refractivity contribution is 6.31. The van der Waals surface area contributed by atoms with Gasteiger partial charge in [-0.25, -0.2) is 8.78 Å². The maximum Gasteiger partial charge on any atom is 0.247 e. The van der Waals surface area contributed by atoms with Crippen LogP contribution in [0.5, 0.6) is 0 Å². The lowest BCUT2D eigenvalue weighted by Crippen LogP contribution is -2.45. The molecule has 1 atom stereocenters. The number of benzene rings is 2. The lowest BCUT2D eigenvalue weighted by Gasteiger charge is -2.30. The minimum Gasteiger partial charge on any atom is -0.368 e. The molecule has 2 aromatic carbocycles. The molecule has 110 valence electrons. The van der Waals surface area contributed by atoms with Crippen molar-refractivity contribution in [3.05, 3.63) is 64.7 Å². The third-order valence-corrected chi connectivity index (χ3v) is 3.51. The first-order valence-corrected chi connectivity index (χ1v) is 6.50. The van der Waals surface area contributed by atoms with Gasteiger partial charge in [-0.15, -0.1) is 0 Å². The van der Waals surface area contributed by atoms with Crippen LogP contribution in [-0.4, -0.2) is 5.91 Å². The van der Waals surface area contributed by atoms with Crippen LogP contribution >= 0.6 is 11.6 Å². The Kier molecular flexibility index (Phi) is 4.14. The first-order chi connectivity index (χ1) is 9.83. The molecule has 0 bridgehead atoms. The van der Waals surface area contributed by atoms with Crippen molar-refractivity contribution in [3.8, 4) is 0 Å². The van der Waals surface area contributed by atoms with Gasteiger partial charge in [0.15, 0.2) is 0 Å². The zero-order chi connectivity index (χ0) is 15.6. The summed E-state index contributed by atoms with van der Waals surface area (Å²) in [4.78, 5) is 11.9. The van der Waals surface area contributed by atoms with Crippen LogP contribution in [0.15, 0.2) is 42.5 Å². The van der Waals surface area contributed by atoms with Crippen molar-refractivity contribution in [2.45, 2.75) is 12.5 Å².